The first-order valence-corrected chi connectivity index (χ1v) is 9.12. The summed E-state index contributed by atoms with van der Waals surface area (Å²) in [5, 5.41) is 7.43. The van der Waals surface area contributed by atoms with Gasteiger partial charge in [0.25, 0.3) is 0 Å². The van der Waals surface area contributed by atoms with Crippen molar-refractivity contribution in [3.05, 3.63) is 52.6 Å². The van der Waals surface area contributed by atoms with Crippen LogP contribution >= 0.6 is 11.6 Å². The van der Waals surface area contributed by atoms with Gasteiger partial charge in [0.15, 0.2) is 5.96 Å². The van der Waals surface area contributed by atoms with Gasteiger partial charge >= 0.3 is 0 Å². The molecule has 26 heavy (non-hydrogen) atoms. The van der Waals surface area contributed by atoms with Crippen molar-refractivity contribution in [2.45, 2.75) is 20.0 Å². The van der Waals surface area contributed by atoms with Crippen LogP contribution in [0.25, 0.3) is 0 Å². The van der Waals surface area contributed by atoms with Crippen LogP contribution in [0.4, 0.5) is 4.39 Å². The maximum absolute atomic E-state index is 13.3. The van der Waals surface area contributed by atoms with Crippen LogP contribution in [0.1, 0.15) is 18.2 Å². The van der Waals surface area contributed by atoms with E-state index >= 15 is 0 Å². The third-order valence-corrected chi connectivity index (χ3v) is 4.57. The van der Waals surface area contributed by atoms with Crippen LogP contribution in [0.3, 0.4) is 0 Å². The van der Waals surface area contributed by atoms with E-state index in [0.717, 1.165) is 56.5 Å². The van der Waals surface area contributed by atoms with Gasteiger partial charge in [0.2, 0.25) is 0 Å². The summed E-state index contributed by atoms with van der Waals surface area (Å²) in [7, 11) is 0. The van der Waals surface area contributed by atoms with E-state index in [9.17, 15) is 4.39 Å². The summed E-state index contributed by atoms with van der Waals surface area (Å²) in [6.07, 6.45) is 1.60. The number of nitrogens with zero attached hydrogens (tertiary/aromatic N) is 4. The van der Waals surface area contributed by atoms with Crippen molar-refractivity contribution in [2.75, 3.05) is 32.7 Å². The van der Waals surface area contributed by atoms with Gasteiger partial charge in [-0.15, -0.1) is 0 Å². The number of aliphatic imine (C=N–C) groups is 1. The molecule has 0 bridgehead atoms. The Morgan fingerprint density at radius 3 is 2.77 bits per heavy atom. The van der Waals surface area contributed by atoms with Gasteiger partial charge in [-0.05, 0) is 24.6 Å². The Morgan fingerprint density at radius 1 is 1.31 bits per heavy atom. The maximum Gasteiger partial charge on any atom is 0.194 e. The van der Waals surface area contributed by atoms with E-state index in [2.05, 4.69) is 25.3 Å². The molecule has 8 heteroatoms. The van der Waals surface area contributed by atoms with Gasteiger partial charge in [0, 0.05) is 45.3 Å². The summed E-state index contributed by atoms with van der Waals surface area (Å²) >= 11 is 5.85. The molecule has 1 aromatic heterocycles. The molecule has 2 aromatic rings. The first-order valence-electron chi connectivity index (χ1n) is 8.74. The minimum Gasteiger partial charge on any atom is -0.364 e. The first kappa shape index (κ1) is 18.7. The van der Waals surface area contributed by atoms with E-state index in [0.29, 0.717) is 6.54 Å². The second kappa shape index (κ2) is 9.00. The molecule has 3 rings (SSSR count). The fourth-order valence-corrected chi connectivity index (χ4v) is 3.10. The summed E-state index contributed by atoms with van der Waals surface area (Å²) in [6.45, 7) is 7.72. The van der Waals surface area contributed by atoms with Crippen LogP contribution in [0.2, 0.25) is 5.02 Å². The summed E-state index contributed by atoms with van der Waals surface area (Å²) < 4.78 is 18.2. The molecule has 0 unspecified atom stereocenters. The highest BCUT2D eigenvalue weighted by Gasteiger charge is 2.20. The summed E-state index contributed by atoms with van der Waals surface area (Å²) in [5.74, 6) is 0.462. The summed E-state index contributed by atoms with van der Waals surface area (Å²) in [5.41, 5.74) is 1.84. The maximum atomic E-state index is 13.3. The molecule has 1 saturated heterocycles. The predicted molar refractivity (Wildman–Crippen MR) is 99.6 cm³/mol. The quantitative estimate of drug-likeness (QED) is 0.639. The number of hydrogen-bond donors (Lipinski definition) is 1. The molecule has 2 heterocycles. The Balaban J connectivity index is 1.58. The molecule has 1 aliphatic rings. The first-order chi connectivity index (χ1) is 12.7. The number of halogens is 2. The lowest BCUT2D eigenvalue weighted by Crippen LogP contribution is -2.52. The van der Waals surface area contributed by atoms with Crippen LogP contribution in [0, 0.1) is 5.82 Å². The van der Waals surface area contributed by atoms with Gasteiger partial charge < -0.3 is 14.7 Å². The number of guanidine groups is 1. The Morgan fingerprint density at radius 2 is 2.12 bits per heavy atom. The Kier molecular flexibility index (Phi) is 6.46. The van der Waals surface area contributed by atoms with Crippen molar-refractivity contribution >= 4 is 17.6 Å². The standard InChI is InChI=1S/C18H23ClFN5O/c1-2-21-18(22-12-14-3-4-17(20)16(19)11-14)25-8-6-24(7-9-25)13-15-5-10-26-23-15/h3-5,10-11H,2,6-9,12-13H2,1H3,(H,21,22). The van der Waals surface area contributed by atoms with Gasteiger partial charge in [-0.2, -0.15) is 0 Å². The van der Waals surface area contributed by atoms with E-state index in [1.54, 1.807) is 18.4 Å². The number of nitrogens with one attached hydrogen (secondary N) is 1. The van der Waals surface area contributed by atoms with Gasteiger partial charge in [-0.1, -0.05) is 22.8 Å². The lowest BCUT2D eigenvalue weighted by atomic mass is 10.2. The second-order valence-corrected chi connectivity index (χ2v) is 6.58. The minimum absolute atomic E-state index is 0.129. The average Bonchev–Trinajstić information content (AvgIpc) is 3.15. The zero-order chi connectivity index (χ0) is 18.4. The lowest BCUT2D eigenvalue weighted by Gasteiger charge is -2.36. The van der Waals surface area contributed by atoms with Crippen LogP contribution < -0.4 is 5.32 Å². The Hall–Kier alpha value is -2.12. The van der Waals surface area contributed by atoms with Gasteiger partial charge in [-0.25, -0.2) is 9.38 Å². The highest BCUT2D eigenvalue weighted by atomic mass is 35.5. The van der Waals surface area contributed by atoms with E-state index < -0.39 is 5.82 Å². The van der Waals surface area contributed by atoms with E-state index in [4.69, 9.17) is 16.1 Å². The van der Waals surface area contributed by atoms with Crippen molar-refractivity contribution in [1.82, 2.24) is 20.3 Å². The zero-order valence-electron chi connectivity index (χ0n) is 14.8. The number of benzene rings is 1. The normalized spacial score (nSPS) is 16.1. The molecule has 0 aliphatic carbocycles. The highest BCUT2D eigenvalue weighted by molar-refractivity contribution is 6.30. The van der Waals surface area contributed by atoms with Crippen LogP contribution in [0.15, 0.2) is 40.0 Å². The zero-order valence-corrected chi connectivity index (χ0v) is 15.5. The molecule has 1 fully saturated rings. The fraction of sp³-hybridized carbons (Fsp3) is 0.444. The second-order valence-electron chi connectivity index (χ2n) is 6.17. The van der Waals surface area contributed by atoms with Crippen molar-refractivity contribution in [3.8, 4) is 0 Å². The molecule has 0 amide bonds. The molecule has 0 spiro atoms. The van der Waals surface area contributed by atoms with E-state index in [-0.39, 0.29) is 5.02 Å². The number of hydrogen-bond acceptors (Lipinski definition) is 4. The Labute approximate surface area is 157 Å². The molecule has 0 saturated carbocycles. The molecular formula is C18H23ClFN5O. The van der Waals surface area contributed by atoms with E-state index in [1.807, 2.05) is 13.0 Å². The van der Waals surface area contributed by atoms with Gasteiger partial charge in [0.1, 0.15) is 12.1 Å². The lowest BCUT2D eigenvalue weighted by molar-refractivity contribution is 0.169. The largest absolute Gasteiger partial charge is 0.364 e. The monoisotopic (exact) mass is 379 g/mol. The SMILES string of the molecule is CCNC(=NCc1ccc(F)c(Cl)c1)N1CCN(Cc2ccon2)CC1. The fourth-order valence-electron chi connectivity index (χ4n) is 2.90. The summed E-state index contributed by atoms with van der Waals surface area (Å²) in [4.78, 5) is 9.27. The van der Waals surface area contributed by atoms with Gasteiger partial charge in [-0.3, -0.25) is 4.90 Å². The third kappa shape index (κ3) is 4.95. The summed E-state index contributed by atoms with van der Waals surface area (Å²) in [6, 6.07) is 6.61. The van der Waals surface area contributed by atoms with Gasteiger partial charge in [0.05, 0.1) is 17.3 Å². The molecular weight excluding hydrogens is 357 g/mol. The molecule has 6 nitrogen and oxygen atoms in total. The third-order valence-electron chi connectivity index (χ3n) is 4.28. The van der Waals surface area contributed by atoms with Crippen LogP contribution in [-0.2, 0) is 13.1 Å². The average molecular weight is 380 g/mol. The topological polar surface area (TPSA) is 56.9 Å². The molecule has 1 aliphatic heterocycles. The van der Waals surface area contributed by atoms with Crippen molar-refractivity contribution in [3.63, 3.8) is 0 Å². The van der Waals surface area contributed by atoms with E-state index in [1.165, 1.54) is 6.07 Å². The number of piperazine rings is 1. The van der Waals surface area contributed by atoms with Crippen molar-refractivity contribution in [1.29, 1.82) is 0 Å². The molecule has 1 aromatic carbocycles. The minimum atomic E-state index is -0.408. The number of aromatic nitrogens is 1. The molecule has 1 N–H and O–H groups in total. The van der Waals surface area contributed by atoms with Crippen LogP contribution in [0.5, 0.6) is 0 Å². The van der Waals surface area contributed by atoms with Crippen molar-refractivity contribution in [2.24, 2.45) is 4.99 Å². The smallest absolute Gasteiger partial charge is 0.194 e. The van der Waals surface area contributed by atoms with Crippen LogP contribution in [-0.4, -0.2) is 53.6 Å². The number of rotatable bonds is 5. The van der Waals surface area contributed by atoms with Crippen molar-refractivity contribution < 1.29 is 8.91 Å². The predicted octanol–water partition coefficient (Wildman–Crippen LogP) is 2.75. The molecule has 140 valence electrons. The molecule has 0 radical (unpaired) electrons. The Bertz CT molecular complexity index is 729. The molecule has 0 atom stereocenters. The highest BCUT2D eigenvalue weighted by Crippen LogP contribution is 2.16.